The Labute approximate surface area is 242 Å². The Kier molecular flexibility index (Phi) is 8.68. The normalized spacial score (nSPS) is 25.3. The molecular formula is C31H44N6O4. The number of nitrogens with zero attached hydrogens (tertiary/aromatic N) is 4. The third-order valence-electron chi connectivity index (χ3n) is 9.26. The summed E-state index contributed by atoms with van der Waals surface area (Å²) in [6, 6.07) is 5.67. The number of anilines is 4. The molecule has 2 saturated carbocycles. The number of methoxy groups -OCH3 is 1. The summed E-state index contributed by atoms with van der Waals surface area (Å²) < 4.78 is 5.64. The van der Waals surface area contributed by atoms with E-state index in [0.29, 0.717) is 48.4 Å². The molecule has 0 saturated heterocycles. The van der Waals surface area contributed by atoms with Gasteiger partial charge in [-0.05, 0) is 70.1 Å². The van der Waals surface area contributed by atoms with Crippen LogP contribution in [0.1, 0.15) is 88.4 Å². The van der Waals surface area contributed by atoms with Crippen LogP contribution in [-0.4, -0.2) is 65.8 Å². The van der Waals surface area contributed by atoms with Crippen molar-refractivity contribution in [2.24, 2.45) is 5.41 Å². The Balaban J connectivity index is 1.40. The highest BCUT2D eigenvalue weighted by atomic mass is 16.5. The summed E-state index contributed by atoms with van der Waals surface area (Å²) in [7, 11) is 3.39. The van der Waals surface area contributed by atoms with E-state index in [9.17, 15) is 14.7 Å². The monoisotopic (exact) mass is 564 g/mol. The number of fused-ring (bicyclic) bond motifs is 1. The van der Waals surface area contributed by atoms with Gasteiger partial charge in [-0.25, -0.2) is 4.98 Å². The van der Waals surface area contributed by atoms with Gasteiger partial charge in [0.1, 0.15) is 11.4 Å². The van der Waals surface area contributed by atoms with Gasteiger partial charge in [0.25, 0.3) is 5.91 Å². The lowest BCUT2D eigenvalue weighted by Crippen LogP contribution is -2.47. The maximum Gasteiger partial charge on any atom is 0.251 e. The summed E-state index contributed by atoms with van der Waals surface area (Å²) in [6.07, 6.45) is 10.9. The van der Waals surface area contributed by atoms with Gasteiger partial charge < -0.3 is 30.3 Å². The molecule has 5 rings (SSSR count). The number of amides is 2. The summed E-state index contributed by atoms with van der Waals surface area (Å²) in [5.41, 5.74) is 1.35. The first-order chi connectivity index (χ1) is 19.7. The number of carbonyl (C=O) groups is 2. The molecule has 2 amide bonds. The van der Waals surface area contributed by atoms with Gasteiger partial charge in [-0.3, -0.25) is 9.59 Å². The van der Waals surface area contributed by atoms with E-state index in [0.717, 1.165) is 43.6 Å². The molecule has 3 N–H and O–H groups in total. The van der Waals surface area contributed by atoms with Crippen molar-refractivity contribution in [2.75, 3.05) is 35.8 Å². The molecule has 1 aromatic heterocycles. The summed E-state index contributed by atoms with van der Waals surface area (Å²) in [6.45, 7) is 4.75. The fourth-order valence-electron chi connectivity index (χ4n) is 6.41. The minimum atomic E-state index is -0.516. The van der Waals surface area contributed by atoms with Crippen LogP contribution in [0.3, 0.4) is 0 Å². The molecule has 10 nitrogen and oxygen atoms in total. The second-order valence-electron chi connectivity index (χ2n) is 12.1. The molecule has 0 bridgehead atoms. The number of nitrogens with one attached hydrogen (secondary N) is 2. The Morgan fingerprint density at radius 1 is 1.15 bits per heavy atom. The van der Waals surface area contributed by atoms with Gasteiger partial charge in [0, 0.05) is 31.2 Å². The molecule has 2 aliphatic carbocycles. The standard InChI is InChI=1S/C31H44N6O4/c1-5-31(2)19-37(22-9-7-6-8-10-22)27-25(36(3)29(31)40)18-32-30(35-27)34-24-16-11-20(17-26(24)41-4)28(39)33-21-12-14-23(38)15-13-21/h11,16-18,21-23,38H,5-10,12-15,19H2,1-4H3,(H,33,39)(H,32,34,35)/t21-,23-,31-/m0/s1. The third kappa shape index (κ3) is 6.12. The van der Waals surface area contributed by atoms with Crippen LogP contribution in [-0.2, 0) is 4.79 Å². The van der Waals surface area contributed by atoms with E-state index in [2.05, 4.69) is 34.4 Å². The first-order valence-corrected chi connectivity index (χ1v) is 15.1. The molecular weight excluding hydrogens is 520 g/mol. The van der Waals surface area contributed by atoms with Crippen LogP contribution < -0.4 is 25.2 Å². The highest BCUT2D eigenvalue weighted by molar-refractivity contribution is 6.01. The number of benzene rings is 1. The lowest BCUT2D eigenvalue weighted by molar-refractivity contribution is -0.126. The van der Waals surface area contributed by atoms with Gasteiger partial charge in [-0.1, -0.05) is 26.2 Å². The zero-order valence-corrected chi connectivity index (χ0v) is 24.8. The number of hydrogen-bond donors (Lipinski definition) is 3. The first-order valence-electron chi connectivity index (χ1n) is 15.1. The van der Waals surface area contributed by atoms with Crippen molar-refractivity contribution in [3.63, 3.8) is 0 Å². The fourth-order valence-corrected chi connectivity index (χ4v) is 6.41. The van der Waals surface area contributed by atoms with Crippen LogP contribution in [0, 0.1) is 5.41 Å². The van der Waals surface area contributed by atoms with Crippen LogP contribution in [0.4, 0.5) is 23.1 Å². The molecule has 2 fully saturated rings. The highest BCUT2D eigenvalue weighted by Crippen LogP contribution is 2.41. The summed E-state index contributed by atoms with van der Waals surface area (Å²) in [5.74, 6) is 1.61. The topological polar surface area (TPSA) is 120 Å². The highest BCUT2D eigenvalue weighted by Gasteiger charge is 2.43. The minimum absolute atomic E-state index is 0.0642. The van der Waals surface area contributed by atoms with E-state index in [1.807, 2.05) is 7.05 Å². The molecule has 2 heterocycles. The zero-order valence-electron chi connectivity index (χ0n) is 24.8. The molecule has 0 spiro atoms. The first kappa shape index (κ1) is 29.1. The summed E-state index contributed by atoms with van der Waals surface area (Å²) >= 11 is 0. The van der Waals surface area contributed by atoms with Gasteiger partial charge in [0.2, 0.25) is 11.9 Å². The molecule has 0 radical (unpaired) electrons. The Hall–Kier alpha value is -3.40. The third-order valence-corrected chi connectivity index (χ3v) is 9.26. The maximum atomic E-state index is 13.5. The van der Waals surface area contributed by atoms with Crippen LogP contribution >= 0.6 is 0 Å². The molecule has 2 aromatic rings. The van der Waals surface area contributed by atoms with Gasteiger partial charge >= 0.3 is 0 Å². The van der Waals surface area contributed by atoms with E-state index >= 15 is 0 Å². The van der Waals surface area contributed by atoms with Crippen molar-refractivity contribution in [1.82, 2.24) is 15.3 Å². The quantitative estimate of drug-likeness (QED) is 0.439. The van der Waals surface area contributed by atoms with Gasteiger partial charge in [0.15, 0.2) is 5.82 Å². The van der Waals surface area contributed by atoms with Crippen molar-refractivity contribution in [1.29, 1.82) is 0 Å². The molecule has 222 valence electrons. The molecule has 0 unspecified atom stereocenters. The van der Waals surface area contributed by atoms with Crippen LogP contribution in [0.15, 0.2) is 24.4 Å². The number of aliphatic hydroxyl groups is 1. The number of rotatable bonds is 7. The molecule has 41 heavy (non-hydrogen) atoms. The summed E-state index contributed by atoms with van der Waals surface area (Å²) in [4.78, 5) is 40.1. The number of aliphatic hydroxyl groups excluding tert-OH is 1. The lowest BCUT2D eigenvalue weighted by Gasteiger charge is -2.38. The number of aromatic nitrogens is 2. The van der Waals surface area contributed by atoms with E-state index in [1.165, 1.54) is 19.3 Å². The van der Waals surface area contributed by atoms with Crippen LogP contribution in [0.25, 0.3) is 0 Å². The van der Waals surface area contributed by atoms with E-state index in [4.69, 9.17) is 9.72 Å². The SMILES string of the molecule is CC[C@@]1(C)CN(C2CCCCC2)c2nc(Nc3ccc(C(=O)N[C@H]4CC[C@H](O)CC4)cc3OC)ncc2N(C)C1=O. The second-order valence-corrected chi connectivity index (χ2v) is 12.1. The smallest absolute Gasteiger partial charge is 0.251 e. The van der Waals surface area contributed by atoms with Crippen LogP contribution in [0.2, 0.25) is 0 Å². The largest absolute Gasteiger partial charge is 0.495 e. The van der Waals surface area contributed by atoms with Crippen molar-refractivity contribution >= 4 is 35.0 Å². The van der Waals surface area contributed by atoms with Crippen molar-refractivity contribution in [3.05, 3.63) is 30.0 Å². The van der Waals surface area contributed by atoms with E-state index < -0.39 is 5.41 Å². The average molecular weight is 565 g/mol. The minimum Gasteiger partial charge on any atom is -0.495 e. The molecule has 10 heteroatoms. The second kappa shape index (κ2) is 12.2. The molecule has 1 aliphatic heterocycles. The Bertz CT molecular complexity index is 1260. The van der Waals surface area contributed by atoms with Gasteiger partial charge in [-0.2, -0.15) is 4.98 Å². The molecule has 1 atom stereocenters. The lowest BCUT2D eigenvalue weighted by atomic mass is 9.84. The van der Waals surface area contributed by atoms with Gasteiger partial charge in [-0.15, -0.1) is 0 Å². The number of hydrogen-bond acceptors (Lipinski definition) is 8. The van der Waals surface area contributed by atoms with Crippen molar-refractivity contribution in [3.8, 4) is 5.75 Å². The van der Waals surface area contributed by atoms with Gasteiger partial charge in [0.05, 0.1) is 30.5 Å². The van der Waals surface area contributed by atoms with Crippen LogP contribution in [0.5, 0.6) is 5.75 Å². The predicted molar refractivity (Wildman–Crippen MR) is 160 cm³/mol. The average Bonchev–Trinajstić information content (AvgIpc) is 3.08. The fraction of sp³-hybridized carbons (Fsp3) is 0.613. The van der Waals surface area contributed by atoms with E-state index in [1.54, 1.807) is 36.4 Å². The molecule has 1 aromatic carbocycles. The zero-order chi connectivity index (χ0) is 29.1. The van der Waals surface area contributed by atoms with Crippen molar-refractivity contribution < 1.29 is 19.4 Å². The number of ether oxygens (including phenoxy) is 1. The van der Waals surface area contributed by atoms with Crippen molar-refractivity contribution in [2.45, 2.75) is 96.2 Å². The summed E-state index contributed by atoms with van der Waals surface area (Å²) in [5, 5.41) is 16.1. The number of carbonyl (C=O) groups excluding carboxylic acids is 2. The predicted octanol–water partition coefficient (Wildman–Crippen LogP) is 4.79. The Morgan fingerprint density at radius 2 is 1.88 bits per heavy atom. The Morgan fingerprint density at radius 3 is 2.56 bits per heavy atom. The maximum absolute atomic E-state index is 13.5. The molecule has 3 aliphatic rings. The van der Waals surface area contributed by atoms with E-state index in [-0.39, 0.29) is 24.0 Å².